The highest BCUT2D eigenvalue weighted by atomic mass is 32.2. The van der Waals surface area contributed by atoms with Gasteiger partial charge < -0.3 is 9.84 Å². The SMILES string of the molecule is CCOC(=O)CS(=O)(=O)NC1CC(O)C1. The molecule has 1 aliphatic rings. The molecule has 0 aromatic carbocycles. The first-order valence-electron chi connectivity index (χ1n) is 4.76. The third kappa shape index (κ3) is 4.15. The first kappa shape index (κ1) is 12.4. The van der Waals surface area contributed by atoms with E-state index in [-0.39, 0.29) is 12.6 Å². The summed E-state index contributed by atoms with van der Waals surface area (Å²) in [5.41, 5.74) is 0. The third-order valence-corrected chi connectivity index (χ3v) is 3.38. The molecule has 0 heterocycles. The summed E-state index contributed by atoms with van der Waals surface area (Å²) >= 11 is 0. The molecule has 1 saturated carbocycles. The van der Waals surface area contributed by atoms with Crippen molar-refractivity contribution in [2.45, 2.75) is 31.9 Å². The standard InChI is InChI=1S/C8H15NO5S/c1-2-14-8(11)5-15(12,13)9-6-3-7(10)4-6/h6-7,9-10H,2-5H2,1H3. The van der Waals surface area contributed by atoms with Crippen LogP contribution in [0.2, 0.25) is 0 Å². The molecule has 0 aromatic rings. The Morgan fingerprint density at radius 1 is 1.53 bits per heavy atom. The van der Waals surface area contributed by atoms with Gasteiger partial charge in [0.15, 0.2) is 5.75 Å². The van der Waals surface area contributed by atoms with Gasteiger partial charge in [-0.2, -0.15) is 0 Å². The topological polar surface area (TPSA) is 92.7 Å². The normalized spacial score (nSPS) is 25.7. The monoisotopic (exact) mass is 237 g/mol. The van der Waals surface area contributed by atoms with Crippen LogP contribution in [0.25, 0.3) is 0 Å². The van der Waals surface area contributed by atoms with E-state index in [1.807, 2.05) is 0 Å². The highest BCUT2D eigenvalue weighted by Crippen LogP contribution is 2.20. The van der Waals surface area contributed by atoms with Crippen LogP contribution in [0.3, 0.4) is 0 Å². The Kier molecular flexibility index (Phi) is 4.06. The summed E-state index contributed by atoms with van der Waals surface area (Å²) in [5.74, 6) is -1.42. The van der Waals surface area contributed by atoms with Crippen LogP contribution in [0.15, 0.2) is 0 Å². The number of hydrogen-bond donors (Lipinski definition) is 2. The fourth-order valence-electron chi connectivity index (χ4n) is 1.34. The van der Waals surface area contributed by atoms with E-state index < -0.39 is 27.8 Å². The molecule has 7 heteroatoms. The summed E-state index contributed by atoms with van der Waals surface area (Å²) in [6.45, 7) is 1.77. The van der Waals surface area contributed by atoms with Crippen molar-refractivity contribution in [3.63, 3.8) is 0 Å². The molecule has 0 aromatic heterocycles. The number of aliphatic hydroxyl groups is 1. The van der Waals surface area contributed by atoms with Gasteiger partial charge in [-0.05, 0) is 19.8 Å². The van der Waals surface area contributed by atoms with Gasteiger partial charge in [-0.1, -0.05) is 0 Å². The van der Waals surface area contributed by atoms with Crippen LogP contribution in [0.1, 0.15) is 19.8 Å². The van der Waals surface area contributed by atoms with E-state index in [1.54, 1.807) is 6.92 Å². The van der Waals surface area contributed by atoms with Crippen molar-refractivity contribution in [1.82, 2.24) is 4.72 Å². The Balaban J connectivity index is 2.35. The zero-order valence-corrected chi connectivity index (χ0v) is 9.29. The van der Waals surface area contributed by atoms with Crippen molar-refractivity contribution in [1.29, 1.82) is 0 Å². The second-order valence-electron chi connectivity index (χ2n) is 3.50. The second kappa shape index (κ2) is 4.91. The molecule has 0 unspecified atom stereocenters. The van der Waals surface area contributed by atoms with Crippen molar-refractivity contribution in [3.05, 3.63) is 0 Å². The quantitative estimate of drug-likeness (QED) is 0.598. The fraction of sp³-hybridized carbons (Fsp3) is 0.875. The molecular formula is C8H15NO5S. The molecule has 0 radical (unpaired) electrons. The maximum atomic E-state index is 11.3. The average molecular weight is 237 g/mol. The maximum absolute atomic E-state index is 11.3. The minimum absolute atomic E-state index is 0.163. The number of ether oxygens (including phenoxy) is 1. The molecule has 1 fully saturated rings. The van der Waals surface area contributed by atoms with E-state index in [4.69, 9.17) is 5.11 Å². The van der Waals surface area contributed by atoms with Crippen LogP contribution in [0.5, 0.6) is 0 Å². The lowest BCUT2D eigenvalue weighted by atomic mass is 9.91. The average Bonchev–Trinajstić information content (AvgIpc) is 1.99. The van der Waals surface area contributed by atoms with Gasteiger partial charge in [0.2, 0.25) is 10.0 Å². The lowest BCUT2D eigenvalue weighted by Gasteiger charge is -2.31. The summed E-state index contributed by atoms with van der Waals surface area (Å²) in [4.78, 5) is 10.9. The van der Waals surface area contributed by atoms with Crippen molar-refractivity contribution >= 4 is 16.0 Å². The minimum Gasteiger partial charge on any atom is -0.465 e. The summed E-state index contributed by atoms with van der Waals surface area (Å²) in [6.07, 6.45) is 0.379. The molecule has 2 N–H and O–H groups in total. The van der Waals surface area contributed by atoms with Gasteiger partial charge in [-0.15, -0.1) is 0 Å². The number of rotatable bonds is 5. The predicted molar refractivity (Wildman–Crippen MR) is 52.6 cm³/mol. The summed E-state index contributed by atoms with van der Waals surface area (Å²) in [5, 5.41) is 8.95. The molecule has 88 valence electrons. The lowest BCUT2D eigenvalue weighted by molar-refractivity contribution is -0.139. The first-order valence-corrected chi connectivity index (χ1v) is 6.42. The van der Waals surface area contributed by atoms with E-state index in [1.165, 1.54) is 0 Å². The van der Waals surface area contributed by atoms with Gasteiger partial charge in [0, 0.05) is 6.04 Å². The number of carbonyl (C=O) groups is 1. The van der Waals surface area contributed by atoms with Gasteiger partial charge in [0.1, 0.15) is 0 Å². The number of esters is 1. The Morgan fingerprint density at radius 3 is 2.60 bits per heavy atom. The summed E-state index contributed by atoms with van der Waals surface area (Å²) < 4.78 is 29.5. The molecule has 1 aliphatic carbocycles. The van der Waals surface area contributed by atoms with E-state index in [2.05, 4.69) is 9.46 Å². The molecular weight excluding hydrogens is 222 g/mol. The zero-order valence-electron chi connectivity index (χ0n) is 8.47. The van der Waals surface area contributed by atoms with Crippen LogP contribution in [-0.2, 0) is 19.6 Å². The Hall–Kier alpha value is -0.660. The third-order valence-electron chi connectivity index (χ3n) is 2.07. The lowest BCUT2D eigenvalue weighted by Crippen LogP contribution is -2.48. The van der Waals surface area contributed by atoms with Gasteiger partial charge in [-0.3, -0.25) is 4.79 Å². The van der Waals surface area contributed by atoms with Gasteiger partial charge in [-0.25, -0.2) is 13.1 Å². The molecule has 0 aliphatic heterocycles. The number of hydrogen-bond acceptors (Lipinski definition) is 5. The Labute approximate surface area is 88.7 Å². The second-order valence-corrected chi connectivity index (χ2v) is 5.26. The van der Waals surface area contributed by atoms with Gasteiger partial charge >= 0.3 is 5.97 Å². The Bertz CT molecular complexity index is 320. The largest absolute Gasteiger partial charge is 0.465 e. The molecule has 0 bridgehead atoms. The predicted octanol–water partition coefficient (Wildman–Crippen LogP) is -1.01. The highest BCUT2D eigenvalue weighted by Gasteiger charge is 2.31. The van der Waals surface area contributed by atoms with E-state index >= 15 is 0 Å². The first-order chi connectivity index (χ1) is 6.93. The van der Waals surface area contributed by atoms with Crippen molar-refractivity contribution in [3.8, 4) is 0 Å². The van der Waals surface area contributed by atoms with Gasteiger partial charge in [0.05, 0.1) is 12.7 Å². The molecule has 1 rings (SSSR count). The van der Waals surface area contributed by atoms with Crippen LogP contribution < -0.4 is 4.72 Å². The number of sulfonamides is 1. The molecule has 15 heavy (non-hydrogen) atoms. The van der Waals surface area contributed by atoms with Crippen LogP contribution in [0.4, 0.5) is 0 Å². The fourth-order valence-corrected chi connectivity index (χ4v) is 2.51. The van der Waals surface area contributed by atoms with E-state index in [0.29, 0.717) is 12.8 Å². The summed E-state index contributed by atoms with van der Waals surface area (Å²) in [7, 11) is -3.62. The number of carbonyl (C=O) groups excluding carboxylic acids is 1. The van der Waals surface area contributed by atoms with E-state index in [0.717, 1.165) is 0 Å². The van der Waals surface area contributed by atoms with Crippen molar-refractivity contribution < 1.29 is 23.1 Å². The molecule has 0 atom stereocenters. The Morgan fingerprint density at radius 2 is 2.13 bits per heavy atom. The minimum atomic E-state index is -3.62. The molecule has 0 saturated heterocycles. The molecule has 0 amide bonds. The molecule has 0 spiro atoms. The summed E-state index contributed by atoms with van der Waals surface area (Å²) in [6, 6.07) is -0.251. The van der Waals surface area contributed by atoms with Gasteiger partial charge in [0.25, 0.3) is 0 Å². The smallest absolute Gasteiger partial charge is 0.322 e. The number of aliphatic hydroxyl groups excluding tert-OH is 1. The number of nitrogens with one attached hydrogen (secondary N) is 1. The van der Waals surface area contributed by atoms with E-state index in [9.17, 15) is 13.2 Å². The van der Waals surface area contributed by atoms with Crippen LogP contribution in [-0.4, -0.2) is 44.0 Å². The van der Waals surface area contributed by atoms with Crippen molar-refractivity contribution in [2.75, 3.05) is 12.4 Å². The zero-order chi connectivity index (χ0) is 11.5. The van der Waals surface area contributed by atoms with Crippen LogP contribution in [0, 0.1) is 0 Å². The molecule has 6 nitrogen and oxygen atoms in total. The highest BCUT2D eigenvalue weighted by molar-refractivity contribution is 7.90. The van der Waals surface area contributed by atoms with Crippen LogP contribution >= 0.6 is 0 Å². The van der Waals surface area contributed by atoms with Crippen molar-refractivity contribution in [2.24, 2.45) is 0 Å². The maximum Gasteiger partial charge on any atom is 0.322 e.